The zero-order chi connectivity index (χ0) is 23.5. The van der Waals surface area contributed by atoms with Gasteiger partial charge in [-0.2, -0.15) is 4.98 Å². The molecule has 33 heavy (non-hydrogen) atoms. The van der Waals surface area contributed by atoms with Crippen LogP contribution in [0.15, 0.2) is 65.0 Å². The third kappa shape index (κ3) is 4.86. The smallest absolute Gasteiger partial charge is 0.338 e. The minimum absolute atomic E-state index is 0.0379. The van der Waals surface area contributed by atoms with Gasteiger partial charge < -0.3 is 10.1 Å². The number of benzene rings is 2. The van der Waals surface area contributed by atoms with Crippen molar-refractivity contribution in [3.05, 3.63) is 86.1 Å². The number of nitrogens with one attached hydrogen (secondary N) is 1. The number of anilines is 1. The number of allylic oxidation sites excluding steroid dienone is 1. The first-order chi connectivity index (χ1) is 15.9. The summed E-state index contributed by atoms with van der Waals surface area (Å²) in [7, 11) is 0. The lowest BCUT2D eigenvalue weighted by Gasteiger charge is -2.28. The first-order valence-corrected chi connectivity index (χ1v) is 11.5. The topological polar surface area (TPSA) is 112 Å². The van der Waals surface area contributed by atoms with E-state index < -0.39 is 16.9 Å². The van der Waals surface area contributed by atoms with Crippen molar-refractivity contribution in [3.63, 3.8) is 0 Å². The predicted molar refractivity (Wildman–Crippen MR) is 125 cm³/mol. The van der Waals surface area contributed by atoms with Crippen molar-refractivity contribution in [2.24, 2.45) is 0 Å². The molecule has 1 N–H and O–H groups in total. The van der Waals surface area contributed by atoms with Gasteiger partial charge in [0.25, 0.3) is 5.69 Å². The largest absolute Gasteiger partial charge is 0.463 e. The summed E-state index contributed by atoms with van der Waals surface area (Å²) in [6.07, 6.45) is 0. The Morgan fingerprint density at radius 3 is 2.58 bits per heavy atom. The summed E-state index contributed by atoms with van der Waals surface area (Å²) in [5, 5.41) is 20.0. The van der Waals surface area contributed by atoms with E-state index in [0.29, 0.717) is 38.7 Å². The van der Waals surface area contributed by atoms with E-state index >= 15 is 0 Å². The molecular formula is C22H20ClN5O4S. The van der Waals surface area contributed by atoms with Crippen LogP contribution in [0.25, 0.3) is 0 Å². The Balaban J connectivity index is 1.69. The summed E-state index contributed by atoms with van der Waals surface area (Å²) in [5.41, 5.74) is 2.65. The number of fused-ring (bicyclic) bond motifs is 1. The maximum Gasteiger partial charge on any atom is 0.338 e. The summed E-state index contributed by atoms with van der Waals surface area (Å²) < 4.78 is 6.90. The van der Waals surface area contributed by atoms with E-state index in [4.69, 9.17) is 16.3 Å². The highest BCUT2D eigenvalue weighted by Gasteiger charge is 2.35. The molecule has 170 valence electrons. The minimum Gasteiger partial charge on any atom is -0.463 e. The standard InChI is InChI=1S/C22H20ClN5O4S/c1-3-32-20(29)18-13(2)24-21-25-22(33-12-14-4-8-16(23)9-5-14)26-27(21)19(18)15-6-10-17(11-7-15)28(30)31/h4-11,19H,3,12H2,1-2H3,(H,24,25,26)/t19-/m0/s1. The maximum atomic E-state index is 12.8. The van der Waals surface area contributed by atoms with Crippen LogP contribution in [0.2, 0.25) is 5.02 Å². The lowest BCUT2D eigenvalue weighted by Crippen LogP contribution is -2.29. The third-order valence-electron chi connectivity index (χ3n) is 5.03. The van der Waals surface area contributed by atoms with Gasteiger partial charge in [-0.3, -0.25) is 10.1 Å². The monoisotopic (exact) mass is 485 g/mol. The molecule has 0 bridgehead atoms. The molecule has 0 saturated carbocycles. The average molecular weight is 486 g/mol. The quantitative estimate of drug-likeness (QED) is 0.216. The van der Waals surface area contributed by atoms with Crippen molar-refractivity contribution in [2.75, 3.05) is 11.9 Å². The molecule has 3 aromatic rings. The van der Waals surface area contributed by atoms with Gasteiger partial charge >= 0.3 is 5.97 Å². The maximum absolute atomic E-state index is 12.8. The normalized spacial score (nSPS) is 15.1. The van der Waals surface area contributed by atoms with Crippen LogP contribution in [0, 0.1) is 10.1 Å². The summed E-state index contributed by atoms with van der Waals surface area (Å²) >= 11 is 7.40. The zero-order valence-electron chi connectivity index (χ0n) is 17.8. The molecule has 9 nitrogen and oxygen atoms in total. The van der Waals surface area contributed by atoms with Gasteiger partial charge in [0.1, 0.15) is 6.04 Å². The molecule has 4 rings (SSSR count). The number of aromatic nitrogens is 3. The van der Waals surface area contributed by atoms with Crippen molar-refractivity contribution >= 4 is 41.0 Å². The molecule has 1 atom stereocenters. The summed E-state index contributed by atoms with van der Waals surface area (Å²) in [6, 6.07) is 12.9. The molecule has 0 fully saturated rings. The number of carbonyl (C=O) groups excluding carboxylic acids is 1. The highest BCUT2D eigenvalue weighted by atomic mass is 35.5. The van der Waals surface area contributed by atoms with Gasteiger partial charge in [0.2, 0.25) is 11.1 Å². The van der Waals surface area contributed by atoms with E-state index in [-0.39, 0.29) is 12.3 Å². The van der Waals surface area contributed by atoms with Crippen LogP contribution < -0.4 is 5.32 Å². The van der Waals surface area contributed by atoms with E-state index in [1.54, 1.807) is 30.7 Å². The van der Waals surface area contributed by atoms with E-state index in [1.807, 2.05) is 24.3 Å². The van der Waals surface area contributed by atoms with Crippen molar-refractivity contribution in [1.82, 2.24) is 14.8 Å². The lowest BCUT2D eigenvalue weighted by molar-refractivity contribution is -0.384. The highest BCUT2D eigenvalue weighted by molar-refractivity contribution is 7.98. The van der Waals surface area contributed by atoms with Gasteiger partial charge in [-0.15, -0.1) is 5.10 Å². The molecule has 1 aromatic heterocycles. The molecule has 11 heteroatoms. The number of nitro groups is 1. The second-order valence-corrected chi connectivity index (χ2v) is 8.59. The molecule has 0 aliphatic carbocycles. The first kappa shape index (κ1) is 22.8. The van der Waals surface area contributed by atoms with Crippen LogP contribution in [0.4, 0.5) is 11.6 Å². The average Bonchev–Trinajstić information content (AvgIpc) is 3.20. The summed E-state index contributed by atoms with van der Waals surface area (Å²) in [4.78, 5) is 28.0. The predicted octanol–water partition coefficient (Wildman–Crippen LogP) is 4.98. The fourth-order valence-corrected chi connectivity index (χ4v) is 4.39. The number of thioether (sulfide) groups is 1. The van der Waals surface area contributed by atoms with Gasteiger partial charge in [0, 0.05) is 28.6 Å². The van der Waals surface area contributed by atoms with Crippen molar-refractivity contribution in [3.8, 4) is 0 Å². The van der Waals surface area contributed by atoms with Crippen LogP contribution in [-0.4, -0.2) is 32.3 Å². The SMILES string of the molecule is CCOC(=O)C1=C(C)Nc2nc(SCc3ccc(Cl)cc3)nn2[C@H]1c1ccc([N+](=O)[O-])cc1. The van der Waals surface area contributed by atoms with Crippen molar-refractivity contribution in [1.29, 1.82) is 0 Å². The Hall–Kier alpha value is -3.37. The van der Waals surface area contributed by atoms with Gasteiger partial charge in [-0.25, -0.2) is 9.48 Å². The summed E-state index contributed by atoms with van der Waals surface area (Å²) in [6.45, 7) is 3.72. The molecule has 1 aliphatic heterocycles. The van der Waals surface area contributed by atoms with Gasteiger partial charge in [0.05, 0.1) is 17.1 Å². The van der Waals surface area contributed by atoms with Crippen LogP contribution in [0.5, 0.6) is 0 Å². The van der Waals surface area contributed by atoms with Crippen LogP contribution in [0.1, 0.15) is 31.0 Å². The first-order valence-electron chi connectivity index (χ1n) is 10.1. The van der Waals surface area contributed by atoms with Crippen molar-refractivity contribution < 1.29 is 14.5 Å². The van der Waals surface area contributed by atoms with E-state index in [2.05, 4.69) is 15.4 Å². The number of esters is 1. The molecule has 0 amide bonds. The number of non-ortho nitro benzene ring substituents is 1. The van der Waals surface area contributed by atoms with E-state index in [1.165, 1.54) is 23.9 Å². The number of hydrogen-bond donors (Lipinski definition) is 1. The Morgan fingerprint density at radius 2 is 1.94 bits per heavy atom. The second-order valence-electron chi connectivity index (χ2n) is 7.21. The fraction of sp³-hybridized carbons (Fsp3) is 0.227. The molecule has 2 aromatic carbocycles. The van der Waals surface area contributed by atoms with Crippen molar-refractivity contribution in [2.45, 2.75) is 30.8 Å². The molecule has 0 unspecified atom stereocenters. The lowest BCUT2D eigenvalue weighted by atomic mass is 9.95. The number of halogens is 1. The molecule has 2 heterocycles. The number of nitro benzene ring substituents is 1. The molecule has 0 radical (unpaired) electrons. The molecule has 1 aliphatic rings. The Morgan fingerprint density at radius 1 is 1.24 bits per heavy atom. The van der Waals surface area contributed by atoms with Gasteiger partial charge in [0.15, 0.2) is 0 Å². The number of hydrogen-bond acceptors (Lipinski definition) is 8. The zero-order valence-corrected chi connectivity index (χ0v) is 19.4. The van der Waals surface area contributed by atoms with E-state index in [0.717, 1.165) is 5.56 Å². The minimum atomic E-state index is -0.640. The second kappa shape index (κ2) is 9.63. The number of rotatable bonds is 7. The summed E-state index contributed by atoms with van der Waals surface area (Å²) in [5.74, 6) is 0.629. The van der Waals surface area contributed by atoms with E-state index in [9.17, 15) is 14.9 Å². The number of carbonyl (C=O) groups is 1. The number of ether oxygens (including phenoxy) is 1. The van der Waals surface area contributed by atoms with Gasteiger partial charge in [-0.1, -0.05) is 35.5 Å². The Kier molecular flexibility index (Phi) is 6.66. The Labute approximate surface area is 199 Å². The molecular weight excluding hydrogens is 466 g/mol. The van der Waals surface area contributed by atoms with Crippen LogP contribution in [0.3, 0.4) is 0 Å². The van der Waals surface area contributed by atoms with Crippen LogP contribution in [-0.2, 0) is 15.3 Å². The highest BCUT2D eigenvalue weighted by Crippen LogP contribution is 2.37. The Bertz CT molecular complexity index is 1220. The number of nitrogens with zero attached hydrogens (tertiary/aromatic N) is 4. The fourth-order valence-electron chi connectivity index (χ4n) is 3.48. The van der Waals surface area contributed by atoms with Crippen LogP contribution >= 0.6 is 23.4 Å². The van der Waals surface area contributed by atoms with Gasteiger partial charge in [-0.05, 0) is 49.2 Å². The molecule has 0 saturated heterocycles. The third-order valence-corrected chi connectivity index (χ3v) is 6.19. The molecule has 0 spiro atoms.